The maximum atomic E-state index is 13.0. The van der Waals surface area contributed by atoms with Gasteiger partial charge in [0.25, 0.3) is 7.82 Å². The lowest BCUT2D eigenvalue weighted by molar-refractivity contribution is -0.870. The van der Waals surface area contributed by atoms with Crippen molar-refractivity contribution in [1.29, 1.82) is 0 Å². The molecule has 0 saturated heterocycles. The molecule has 0 aliphatic heterocycles. The fourth-order valence-electron chi connectivity index (χ4n) is 10.6. The number of hydrogen-bond acceptors (Lipinski definition) is 6. The summed E-state index contributed by atoms with van der Waals surface area (Å²) in [4.78, 5) is 25.6. The number of aliphatic hydroxyl groups is 1. The van der Waals surface area contributed by atoms with Crippen molar-refractivity contribution in [3.63, 3.8) is 0 Å². The van der Waals surface area contributed by atoms with Crippen LogP contribution in [0.1, 0.15) is 335 Å². The van der Waals surface area contributed by atoms with Gasteiger partial charge >= 0.3 is 0 Å². The van der Waals surface area contributed by atoms with E-state index in [0.29, 0.717) is 17.4 Å². The molecule has 0 aromatic rings. The van der Waals surface area contributed by atoms with Crippen molar-refractivity contribution >= 4 is 13.7 Å². The van der Waals surface area contributed by atoms with Gasteiger partial charge in [-0.1, -0.05) is 336 Å². The number of rotatable bonds is 67. The van der Waals surface area contributed by atoms with Crippen LogP contribution in [0.2, 0.25) is 0 Å². The number of likely N-dealkylation sites (N-methyl/N-ethyl adjacent to an activating group) is 1. The second kappa shape index (κ2) is 66.8. The zero-order chi connectivity index (χ0) is 62.6. The maximum Gasteiger partial charge on any atom is 0.268 e. The lowest BCUT2D eigenvalue weighted by atomic mass is 10.0. The van der Waals surface area contributed by atoms with E-state index in [1.54, 1.807) is 6.08 Å². The number of carbonyl (C=O) groups excluding carboxylic acids is 1. The largest absolute Gasteiger partial charge is 0.756 e. The van der Waals surface area contributed by atoms with E-state index in [9.17, 15) is 19.4 Å². The van der Waals surface area contributed by atoms with Crippen LogP contribution in [0.25, 0.3) is 0 Å². The molecule has 0 aliphatic carbocycles. The second-order valence-corrected chi connectivity index (χ2v) is 27.3. The first-order valence-electron chi connectivity index (χ1n) is 36.6. The maximum absolute atomic E-state index is 13.0. The highest BCUT2D eigenvalue weighted by molar-refractivity contribution is 7.45. The first kappa shape index (κ1) is 83.4. The molecule has 0 aliphatic rings. The Morgan fingerprint density at radius 3 is 1.08 bits per heavy atom. The highest BCUT2D eigenvalue weighted by Gasteiger charge is 2.23. The fraction of sp³-hybridized carbons (Fsp3) is 0.779. The molecule has 0 saturated carbocycles. The number of phosphoric acid groups is 1. The summed E-state index contributed by atoms with van der Waals surface area (Å²) >= 11 is 0. The van der Waals surface area contributed by atoms with E-state index in [0.717, 1.165) is 77.0 Å². The van der Waals surface area contributed by atoms with Crippen LogP contribution in [-0.4, -0.2) is 68.5 Å². The summed E-state index contributed by atoms with van der Waals surface area (Å²) in [6.07, 6.45) is 96.9. The quantitative estimate of drug-likeness (QED) is 0.0272. The van der Waals surface area contributed by atoms with Gasteiger partial charge in [-0.15, -0.1) is 0 Å². The Morgan fingerprint density at radius 1 is 0.419 bits per heavy atom. The average molecular weight is 1220 g/mol. The number of hydrogen-bond donors (Lipinski definition) is 2. The van der Waals surface area contributed by atoms with Crippen LogP contribution < -0.4 is 10.2 Å². The van der Waals surface area contributed by atoms with E-state index in [1.807, 2.05) is 27.2 Å². The number of phosphoric ester groups is 1. The van der Waals surface area contributed by atoms with E-state index in [2.05, 4.69) is 104 Å². The zero-order valence-corrected chi connectivity index (χ0v) is 58.1. The van der Waals surface area contributed by atoms with Crippen LogP contribution in [0.5, 0.6) is 0 Å². The van der Waals surface area contributed by atoms with Crippen LogP contribution in [0, 0.1) is 0 Å². The van der Waals surface area contributed by atoms with Gasteiger partial charge in [0.05, 0.1) is 39.9 Å². The number of quaternary nitrogens is 1. The van der Waals surface area contributed by atoms with Crippen molar-refractivity contribution in [2.75, 3.05) is 40.9 Å². The van der Waals surface area contributed by atoms with Gasteiger partial charge in [-0.05, 0) is 89.9 Å². The van der Waals surface area contributed by atoms with Gasteiger partial charge in [0.2, 0.25) is 5.91 Å². The number of carbonyl (C=O) groups is 1. The monoisotopic (exact) mass is 1220 g/mol. The summed E-state index contributed by atoms with van der Waals surface area (Å²) in [7, 11) is 1.24. The van der Waals surface area contributed by atoms with Crippen LogP contribution in [0.3, 0.4) is 0 Å². The summed E-state index contributed by atoms with van der Waals surface area (Å²) < 4.78 is 23.4. The van der Waals surface area contributed by atoms with Gasteiger partial charge in [-0.3, -0.25) is 9.36 Å². The third kappa shape index (κ3) is 68.9. The number of aliphatic hydroxyl groups excluding tert-OH is 1. The Bertz CT molecular complexity index is 1730. The first-order chi connectivity index (χ1) is 42.0. The number of unbranched alkanes of at least 4 members (excludes halogenated alkanes) is 40. The van der Waals surface area contributed by atoms with Crippen molar-refractivity contribution < 1.29 is 32.9 Å². The van der Waals surface area contributed by atoms with Crippen molar-refractivity contribution in [3.05, 3.63) is 97.2 Å². The third-order valence-electron chi connectivity index (χ3n) is 16.3. The van der Waals surface area contributed by atoms with Crippen LogP contribution in [-0.2, 0) is 18.4 Å². The van der Waals surface area contributed by atoms with E-state index in [-0.39, 0.29) is 12.5 Å². The number of nitrogens with one attached hydrogen (secondary N) is 1. The highest BCUT2D eigenvalue weighted by Crippen LogP contribution is 2.38. The number of nitrogens with zero attached hydrogens (tertiary/aromatic N) is 1. The molecule has 0 fully saturated rings. The van der Waals surface area contributed by atoms with Crippen molar-refractivity contribution in [2.24, 2.45) is 0 Å². The molecule has 0 rings (SSSR count). The minimum atomic E-state index is -4.62. The Labute approximate surface area is 534 Å². The Balaban J connectivity index is 4.06. The summed E-state index contributed by atoms with van der Waals surface area (Å²) in [5, 5.41) is 13.9. The normalized spacial score (nSPS) is 14.2. The molecule has 9 heteroatoms. The first-order valence-corrected chi connectivity index (χ1v) is 38.1. The van der Waals surface area contributed by atoms with Crippen molar-refractivity contribution in [1.82, 2.24) is 5.32 Å². The Kier molecular flexibility index (Phi) is 64.8. The molecular weight excluding hydrogens is 1080 g/mol. The molecule has 0 spiro atoms. The molecule has 0 bridgehead atoms. The molecule has 0 heterocycles. The lowest BCUT2D eigenvalue weighted by Gasteiger charge is -2.29. The molecule has 0 radical (unpaired) electrons. The summed E-state index contributed by atoms with van der Waals surface area (Å²) in [6, 6.07) is -0.915. The molecule has 1 amide bonds. The van der Waals surface area contributed by atoms with Gasteiger partial charge in [0.1, 0.15) is 13.2 Å². The van der Waals surface area contributed by atoms with E-state index in [1.165, 1.54) is 238 Å². The Hall–Kier alpha value is -2.58. The molecule has 8 nitrogen and oxygen atoms in total. The Morgan fingerprint density at radius 2 is 0.721 bits per heavy atom. The van der Waals surface area contributed by atoms with Gasteiger partial charge < -0.3 is 28.8 Å². The van der Waals surface area contributed by atoms with E-state index in [4.69, 9.17) is 9.05 Å². The van der Waals surface area contributed by atoms with Gasteiger partial charge in [-0.25, -0.2) is 0 Å². The molecule has 0 aromatic carbocycles. The summed E-state index contributed by atoms with van der Waals surface area (Å²) in [5.74, 6) is -0.208. The van der Waals surface area contributed by atoms with Crippen molar-refractivity contribution in [2.45, 2.75) is 347 Å². The predicted molar refractivity (Wildman–Crippen MR) is 376 cm³/mol. The SMILES string of the molecule is CC/C=C\C/C=C\C/C=C\C/C=C\C/C=C\CCCCCCCCCCCCCCCCCCCCCCCC(=O)NC(COP(=O)([O-])OCC[N+](C)(C)C)C(O)/C=C/CC/C=C/CC/C=C/CCCCCCCCCCCCCCCCCCC. The van der Waals surface area contributed by atoms with Gasteiger partial charge in [0, 0.05) is 6.42 Å². The molecule has 0 aromatic heterocycles. The highest BCUT2D eigenvalue weighted by atomic mass is 31.2. The number of amides is 1. The molecular formula is C77H141N2O6P. The zero-order valence-electron chi connectivity index (χ0n) is 57.3. The second-order valence-electron chi connectivity index (χ2n) is 25.9. The summed E-state index contributed by atoms with van der Waals surface area (Å²) in [5.41, 5.74) is 0. The van der Waals surface area contributed by atoms with Crippen LogP contribution >= 0.6 is 7.82 Å². The smallest absolute Gasteiger partial charge is 0.268 e. The fourth-order valence-corrected chi connectivity index (χ4v) is 11.4. The van der Waals surface area contributed by atoms with Gasteiger partial charge in [0.15, 0.2) is 0 Å². The minimum absolute atomic E-state index is 0.0105. The van der Waals surface area contributed by atoms with E-state index >= 15 is 0 Å². The van der Waals surface area contributed by atoms with Crippen molar-refractivity contribution in [3.8, 4) is 0 Å². The topological polar surface area (TPSA) is 108 Å². The minimum Gasteiger partial charge on any atom is -0.756 e. The third-order valence-corrected chi connectivity index (χ3v) is 17.2. The standard InChI is InChI=1S/C77H141N2O6P/c1-6-8-10-12-14-16-18-20-22-24-26-28-30-32-34-35-36-37-38-39-40-41-42-43-45-47-49-51-53-55-57-59-61-63-65-67-69-71-77(81)78-75(74-85-86(82,83)84-73-72-79(3,4)5)76(80)70-68-66-64-62-60-58-56-54-52-50-48-46-44-33-31-29-27-25-23-21-19-17-15-13-11-9-7-2/h8,10,14,16,20,22,26,28,32,34,52,54,60,62,68,70,75-76,80H,6-7,9,11-13,15,17-19,21,23-25,27,29-31,33,35-51,53,55-59,61,63-67,69,71-74H2,1-5H3,(H-,78,81,82,83)/b10-8-,16-14-,22-20-,28-26-,34-32-,54-52+,62-60+,70-68+. The van der Waals surface area contributed by atoms with Crippen LogP contribution in [0.4, 0.5) is 0 Å². The van der Waals surface area contributed by atoms with Gasteiger partial charge in [-0.2, -0.15) is 0 Å². The summed E-state index contributed by atoms with van der Waals surface area (Å²) in [6.45, 7) is 4.54. The predicted octanol–water partition coefficient (Wildman–Crippen LogP) is 23.0. The molecule has 3 atom stereocenters. The van der Waals surface area contributed by atoms with Crippen LogP contribution in [0.15, 0.2) is 97.2 Å². The lowest BCUT2D eigenvalue weighted by Crippen LogP contribution is -2.45. The molecule has 86 heavy (non-hydrogen) atoms. The molecule has 3 unspecified atom stereocenters. The van der Waals surface area contributed by atoms with E-state index < -0.39 is 26.6 Å². The average Bonchev–Trinajstić information content (AvgIpc) is 3.70. The number of allylic oxidation sites excluding steroid dienone is 15. The molecule has 2 N–H and O–H groups in total. The molecule has 500 valence electrons.